The van der Waals surface area contributed by atoms with Gasteiger partial charge in [0.1, 0.15) is 0 Å². The molecule has 1 heterocycles. The van der Waals surface area contributed by atoms with Crippen LogP contribution in [0, 0.1) is 0 Å². The van der Waals surface area contributed by atoms with Crippen molar-refractivity contribution >= 4 is 29.3 Å². The third kappa shape index (κ3) is 2.98. The van der Waals surface area contributed by atoms with Crippen LogP contribution < -0.4 is 10.7 Å². The summed E-state index contributed by atoms with van der Waals surface area (Å²) < 4.78 is 4.86. The van der Waals surface area contributed by atoms with Crippen molar-refractivity contribution in [2.75, 3.05) is 7.05 Å². The van der Waals surface area contributed by atoms with Gasteiger partial charge in [0.15, 0.2) is 10.9 Å². The van der Waals surface area contributed by atoms with Gasteiger partial charge in [-0.15, -0.1) is 0 Å². The zero-order chi connectivity index (χ0) is 10.4. The summed E-state index contributed by atoms with van der Waals surface area (Å²) in [6.07, 6.45) is 2.52. The Morgan fingerprint density at radius 1 is 1.71 bits per heavy atom. The molecule has 2 N–H and O–H groups in total. The number of nitrogens with zero attached hydrogens (tertiary/aromatic N) is 1. The van der Waals surface area contributed by atoms with Crippen molar-refractivity contribution < 1.29 is 9.21 Å². The normalized spacial score (nSPS) is 10.1. The fourth-order valence-electron chi connectivity index (χ4n) is 0.688. The Morgan fingerprint density at radius 3 is 3.07 bits per heavy atom. The molecule has 0 radical (unpaired) electrons. The van der Waals surface area contributed by atoms with Crippen molar-refractivity contribution in [1.82, 2.24) is 10.7 Å². The minimum absolute atomic E-state index is 0.242. The molecule has 6 heteroatoms. The summed E-state index contributed by atoms with van der Waals surface area (Å²) in [6, 6.07) is 3.19. The van der Waals surface area contributed by atoms with Crippen LogP contribution >= 0.6 is 12.2 Å². The smallest absolute Gasteiger partial charge is 0.240 e. The van der Waals surface area contributed by atoms with Gasteiger partial charge in [0.25, 0.3) is 0 Å². The largest absolute Gasteiger partial charge is 0.461 e. The van der Waals surface area contributed by atoms with Crippen molar-refractivity contribution in [3.05, 3.63) is 24.2 Å². The highest BCUT2D eigenvalue weighted by atomic mass is 32.1. The average Bonchev–Trinajstić information content (AvgIpc) is 2.70. The van der Waals surface area contributed by atoms with Crippen LogP contribution in [0.4, 0.5) is 0 Å². The number of furan rings is 1. The summed E-state index contributed by atoms with van der Waals surface area (Å²) in [7, 11) is 1.65. The van der Waals surface area contributed by atoms with Gasteiger partial charge in [-0.05, 0) is 24.4 Å². The Labute approximate surface area is 86.2 Å². The molecule has 1 rings (SSSR count). The number of hydrogen-bond donors (Lipinski definition) is 2. The minimum Gasteiger partial charge on any atom is -0.461 e. The summed E-state index contributed by atoms with van der Waals surface area (Å²) in [6.45, 7) is 0. The first-order valence-corrected chi connectivity index (χ1v) is 4.23. The molecular formula is C8H9N3O2S. The van der Waals surface area contributed by atoms with Crippen LogP contribution in [0.3, 0.4) is 0 Å². The van der Waals surface area contributed by atoms with Crippen molar-refractivity contribution in [3.8, 4) is 0 Å². The predicted octanol–water partition coefficient (Wildman–Crippen LogP) is 0.542. The van der Waals surface area contributed by atoms with E-state index < -0.39 is 0 Å². The zero-order valence-electron chi connectivity index (χ0n) is 7.48. The highest BCUT2D eigenvalue weighted by molar-refractivity contribution is 7.80. The second-order valence-electron chi connectivity index (χ2n) is 2.29. The van der Waals surface area contributed by atoms with E-state index in [2.05, 4.69) is 15.8 Å². The molecule has 0 unspecified atom stereocenters. The quantitative estimate of drug-likeness (QED) is 0.330. The van der Waals surface area contributed by atoms with Crippen LogP contribution in [0.15, 0.2) is 27.9 Å². The summed E-state index contributed by atoms with van der Waals surface area (Å²) in [5.74, 6) is -0.0765. The van der Waals surface area contributed by atoms with E-state index in [-0.39, 0.29) is 11.5 Å². The maximum Gasteiger partial charge on any atom is 0.240 e. The second kappa shape index (κ2) is 5.13. The molecule has 0 saturated carbocycles. The van der Waals surface area contributed by atoms with Gasteiger partial charge in [0, 0.05) is 7.05 Å². The van der Waals surface area contributed by atoms with E-state index in [0.29, 0.717) is 5.11 Å². The van der Waals surface area contributed by atoms with Crippen LogP contribution in [0.2, 0.25) is 0 Å². The Balaban J connectivity index is 2.45. The summed E-state index contributed by atoms with van der Waals surface area (Å²) in [4.78, 5) is 11.2. The van der Waals surface area contributed by atoms with Gasteiger partial charge in [-0.25, -0.2) is 0 Å². The molecule has 5 nitrogen and oxygen atoms in total. The van der Waals surface area contributed by atoms with Crippen molar-refractivity contribution in [3.63, 3.8) is 0 Å². The van der Waals surface area contributed by atoms with Gasteiger partial charge in [0.2, 0.25) is 5.78 Å². The van der Waals surface area contributed by atoms with E-state index in [1.54, 1.807) is 19.2 Å². The van der Waals surface area contributed by atoms with Gasteiger partial charge in [-0.1, -0.05) is 0 Å². The lowest BCUT2D eigenvalue weighted by Gasteiger charge is -1.98. The van der Waals surface area contributed by atoms with Gasteiger partial charge in [0.05, 0.1) is 12.5 Å². The first-order valence-electron chi connectivity index (χ1n) is 3.82. The van der Waals surface area contributed by atoms with Gasteiger partial charge >= 0.3 is 0 Å². The van der Waals surface area contributed by atoms with Gasteiger partial charge < -0.3 is 9.73 Å². The monoisotopic (exact) mass is 211 g/mol. The van der Waals surface area contributed by atoms with E-state index in [9.17, 15) is 4.79 Å². The number of Topliss-reactive ketones (excluding diaryl/α,β-unsaturated/α-hetero) is 1. The molecule has 0 aliphatic rings. The second-order valence-corrected chi connectivity index (χ2v) is 2.70. The number of ketones is 1. The Bertz CT molecular complexity index is 345. The molecule has 0 fully saturated rings. The topological polar surface area (TPSA) is 66.6 Å². The molecule has 1 aromatic heterocycles. The number of rotatable bonds is 3. The number of hydrogen-bond acceptors (Lipinski definition) is 4. The first-order chi connectivity index (χ1) is 6.74. The van der Waals surface area contributed by atoms with Crippen LogP contribution in [0.5, 0.6) is 0 Å². The number of carbonyl (C=O) groups is 1. The third-order valence-electron chi connectivity index (χ3n) is 1.34. The Hall–Kier alpha value is -1.69. The molecule has 0 aromatic carbocycles. The SMILES string of the molecule is CNC(=S)N/N=C/C(=O)c1ccco1. The molecule has 1 aromatic rings. The predicted molar refractivity (Wildman–Crippen MR) is 56.3 cm³/mol. The Kier molecular flexibility index (Phi) is 3.81. The fraction of sp³-hybridized carbons (Fsp3) is 0.125. The van der Waals surface area contributed by atoms with E-state index in [1.807, 2.05) is 0 Å². The Morgan fingerprint density at radius 2 is 2.50 bits per heavy atom. The number of carbonyl (C=O) groups excluding carboxylic acids is 1. The lowest BCUT2D eigenvalue weighted by molar-refractivity contribution is 0.104. The molecule has 0 aliphatic heterocycles. The average molecular weight is 211 g/mol. The molecule has 0 atom stereocenters. The highest BCUT2D eigenvalue weighted by Gasteiger charge is 2.04. The molecule has 0 bridgehead atoms. The van der Waals surface area contributed by atoms with E-state index in [0.717, 1.165) is 6.21 Å². The number of thiocarbonyl (C=S) groups is 1. The lowest BCUT2D eigenvalue weighted by Crippen LogP contribution is -2.28. The molecule has 0 amide bonds. The number of hydrazone groups is 1. The zero-order valence-corrected chi connectivity index (χ0v) is 8.30. The minimum atomic E-state index is -0.318. The third-order valence-corrected chi connectivity index (χ3v) is 1.63. The van der Waals surface area contributed by atoms with Crippen LogP contribution in [0.25, 0.3) is 0 Å². The summed E-state index contributed by atoms with van der Waals surface area (Å²) in [5.41, 5.74) is 2.45. The number of nitrogens with one attached hydrogen (secondary N) is 2. The van der Waals surface area contributed by atoms with Crippen molar-refractivity contribution in [2.45, 2.75) is 0 Å². The maximum atomic E-state index is 11.2. The highest BCUT2D eigenvalue weighted by Crippen LogP contribution is 1.98. The lowest BCUT2D eigenvalue weighted by atomic mass is 10.3. The van der Waals surface area contributed by atoms with Crippen molar-refractivity contribution in [2.24, 2.45) is 5.10 Å². The fourth-order valence-corrected chi connectivity index (χ4v) is 0.741. The summed E-state index contributed by atoms with van der Waals surface area (Å²) >= 11 is 4.74. The molecular weight excluding hydrogens is 202 g/mol. The standard InChI is InChI=1S/C8H9N3O2S/c1-9-8(14)11-10-5-6(12)7-3-2-4-13-7/h2-5H,1H3,(H2,9,11,14)/b10-5+. The van der Waals surface area contributed by atoms with Gasteiger partial charge in [-0.2, -0.15) is 5.10 Å². The van der Waals surface area contributed by atoms with E-state index in [4.69, 9.17) is 16.6 Å². The van der Waals surface area contributed by atoms with Crippen LogP contribution in [0.1, 0.15) is 10.6 Å². The van der Waals surface area contributed by atoms with Crippen LogP contribution in [-0.4, -0.2) is 24.2 Å². The molecule has 74 valence electrons. The molecule has 14 heavy (non-hydrogen) atoms. The molecule has 0 spiro atoms. The summed E-state index contributed by atoms with van der Waals surface area (Å²) in [5, 5.41) is 6.60. The van der Waals surface area contributed by atoms with Gasteiger partial charge in [-0.3, -0.25) is 10.2 Å². The molecule has 0 saturated heterocycles. The van der Waals surface area contributed by atoms with Crippen LogP contribution in [-0.2, 0) is 0 Å². The first kappa shape index (κ1) is 10.4. The van der Waals surface area contributed by atoms with E-state index >= 15 is 0 Å². The van der Waals surface area contributed by atoms with Crippen molar-refractivity contribution in [1.29, 1.82) is 0 Å². The maximum absolute atomic E-state index is 11.2. The van der Waals surface area contributed by atoms with E-state index in [1.165, 1.54) is 6.26 Å². The molecule has 0 aliphatic carbocycles.